The van der Waals surface area contributed by atoms with Crippen molar-refractivity contribution >= 4 is 40.4 Å². The van der Waals surface area contributed by atoms with Crippen molar-refractivity contribution in [3.8, 4) is 5.75 Å². The number of methoxy groups -OCH3 is 1. The summed E-state index contributed by atoms with van der Waals surface area (Å²) in [4.78, 5) is 67.1. The molecule has 1 aliphatic heterocycles. The van der Waals surface area contributed by atoms with Crippen molar-refractivity contribution in [3.05, 3.63) is 101 Å². The topological polar surface area (TPSA) is 233 Å². The number of ether oxygens (including phenoxy) is 2. The lowest BCUT2D eigenvalue weighted by Gasteiger charge is -2.32. The van der Waals surface area contributed by atoms with Gasteiger partial charge in [0.2, 0.25) is 11.8 Å². The highest BCUT2D eigenvalue weighted by Gasteiger charge is 2.45. The normalized spacial score (nSPS) is 20.5. The Hall–Kier alpha value is -5.81. The molecule has 6 unspecified atom stereocenters. The van der Waals surface area contributed by atoms with Crippen LogP contribution in [0.15, 0.2) is 89.5 Å². The third kappa shape index (κ3) is 10.4. The molecule has 2 aromatic heterocycles. The quantitative estimate of drug-likeness (QED) is 0.0741. The summed E-state index contributed by atoms with van der Waals surface area (Å²) >= 11 is 0. The summed E-state index contributed by atoms with van der Waals surface area (Å²) in [5, 5.41) is 32.0. The number of carbonyl (C=O) groups excluding carboxylic acids is 4. The number of nitrogens with one attached hydrogen (secondary N) is 3. The smallest absolute Gasteiger partial charge is 0.242 e. The molecule has 1 aliphatic carbocycles. The van der Waals surface area contributed by atoms with Crippen molar-refractivity contribution in [3.63, 3.8) is 0 Å². The zero-order valence-electron chi connectivity index (χ0n) is 36.2. The van der Waals surface area contributed by atoms with Crippen molar-refractivity contribution in [1.82, 2.24) is 35.5 Å². The average molecular weight is 851 g/mol. The molecule has 16 heteroatoms. The minimum absolute atomic E-state index is 0.149. The first kappa shape index (κ1) is 45.7. The van der Waals surface area contributed by atoms with E-state index < -0.39 is 41.9 Å². The molecule has 330 valence electrons. The number of Topliss-reactive ketones (excluding diaryl/α,β-unsaturated/α-hetero) is 2. The maximum absolute atomic E-state index is 14.0. The summed E-state index contributed by atoms with van der Waals surface area (Å²) in [7, 11) is 1.59. The molecule has 4 aromatic rings. The summed E-state index contributed by atoms with van der Waals surface area (Å²) < 4.78 is 13.1. The van der Waals surface area contributed by atoms with Gasteiger partial charge in [0.05, 0.1) is 19.5 Å². The Bertz CT molecular complexity index is 2320. The number of aliphatic hydroxyl groups excluding tert-OH is 2. The molecule has 3 heterocycles. The molecule has 0 bridgehead atoms. The van der Waals surface area contributed by atoms with E-state index in [0.29, 0.717) is 72.4 Å². The standard InChI is InChI=1S/C46H58N8O8/c1-26-27(2)39(57)36(28(3)38(26)56)46(4,5)21-35(55)53-33(44(60)49-19-18-29-12-15-32(61-6)16-13-29)17-14-31(23-48-22-30-10-8-7-9-11-30)20-34-40(58)41(59)45(62-34)54-25-52-37-42(47)50-24-51-43(37)54/h7-13,15-16,24-25,31,33-34,40-41,45,48,58-59H,14,17-23H2,1-6H3,(H,49,60)(H,53,55)(H2,47,50,51). The lowest BCUT2D eigenvalue weighted by molar-refractivity contribution is -0.130. The van der Waals surface area contributed by atoms with Crippen LogP contribution >= 0.6 is 0 Å². The summed E-state index contributed by atoms with van der Waals surface area (Å²) in [6.45, 7) is 9.71. The van der Waals surface area contributed by atoms with E-state index in [1.807, 2.05) is 54.6 Å². The molecule has 2 aliphatic rings. The summed E-state index contributed by atoms with van der Waals surface area (Å²) in [5.74, 6) is -0.636. The Balaban J connectivity index is 1.20. The van der Waals surface area contributed by atoms with Gasteiger partial charge in [0.1, 0.15) is 35.8 Å². The van der Waals surface area contributed by atoms with Crippen LogP contribution in [0.4, 0.5) is 5.82 Å². The molecular weight excluding hydrogens is 793 g/mol. The number of benzene rings is 2. The third-order valence-corrected chi connectivity index (χ3v) is 12.0. The Morgan fingerprint density at radius 2 is 1.63 bits per heavy atom. The Kier molecular flexibility index (Phi) is 14.7. The second kappa shape index (κ2) is 19.9. The number of rotatable bonds is 19. The molecule has 0 spiro atoms. The predicted octanol–water partition coefficient (Wildman–Crippen LogP) is 3.68. The van der Waals surface area contributed by atoms with Crippen LogP contribution in [-0.4, -0.2) is 97.7 Å². The number of aromatic nitrogens is 4. The van der Waals surface area contributed by atoms with Gasteiger partial charge in [-0.3, -0.25) is 23.7 Å². The number of anilines is 1. The summed E-state index contributed by atoms with van der Waals surface area (Å²) in [5.41, 5.74) is 9.09. The van der Waals surface area contributed by atoms with Gasteiger partial charge in [0, 0.05) is 47.2 Å². The van der Waals surface area contributed by atoms with Gasteiger partial charge >= 0.3 is 0 Å². The van der Waals surface area contributed by atoms with Crippen LogP contribution in [0.2, 0.25) is 0 Å². The first-order valence-corrected chi connectivity index (χ1v) is 21.0. The highest BCUT2D eigenvalue weighted by molar-refractivity contribution is 6.25. The number of hydrogen-bond acceptors (Lipinski definition) is 13. The van der Waals surface area contributed by atoms with Crippen molar-refractivity contribution < 1.29 is 38.9 Å². The molecule has 6 rings (SSSR count). The maximum atomic E-state index is 14.0. The van der Waals surface area contributed by atoms with Crippen LogP contribution in [0.25, 0.3) is 11.2 Å². The van der Waals surface area contributed by atoms with Crippen LogP contribution < -0.4 is 26.4 Å². The summed E-state index contributed by atoms with van der Waals surface area (Å²) in [6, 6.07) is 16.4. The van der Waals surface area contributed by atoms with Crippen LogP contribution in [0, 0.1) is 11.3 Å². The van der Waals surface area contributed by atoms with Crippen molar-refractivity contribution in [2.24, 2.45) is 11.3 Å². The second-order valence-corrected chi connectivity index (χ2v) is 16.9. The van der Waals surface area contributed by atoms with E-state index >= 15 is 0 Å². The number of aliphatic hydroxyl groups is 2. The number of imidazole rings is 1. The predicted molar refractivity (Wildman–Crippen MR) is 232 cm³/mol. The molecule has 7 N–H and O–H groups in total. The van der Waals surface area contributed by atoms with E-state index in [0.717, 1.165) is 16.9 Å². The third-order valence-electron chi connectivity index (χ3n) is 12.0. The van der Waals surface area contributed by atoms with Gasteiger partial charge in [-0.15, -0.1) is 0 Å². The number of fused-ring (bicyclic) bond motifs is 1. The minimum atomic E-state index is -1.31. The highest BCUT2D eigenvalue weighted by atomic mass is 16.6. The number of ketones is 2. The van der Waals surface area contributed by atoms with Crippen molar-refractivity contribution in [2.75, 3.05) is 25.9 Å². The van der Waals surface area contributed by atoms with Crippen LogP contribution in [0.3, 0.4) is 0 Å². The zero-order chi connectivity index (χ0) is 44.7. The molecule has 0 saturated carbocycles. The molecule has 2 aromatic carbocycles. The molecule has 6 atom stereocenters. The van der Waals surface area contributed by atoms with Gasteiger partial charge in [-0.25, -0.2) is 15.0 Å². The average Bonchev–Trinajstić information content (AvgIpc) is 3.81. The number of carbonyl (C=O) groups is 4. The minimum Gasteiger partial charge on any atom is -0.497 e. The van der Waals surface area contributed by atoms with Crippen LogP contribution in [0.1, 0.15) is 77.7 Å². The number of nitrogen functional groups attached to an aromatic ring is 1. The first-order valence-electron chi connectivity index (χ1n) is 21.0. The van der Waals surface area contributed by atoms with Crippen LogP contribution in [-0.2, 0) is 36.9 Å². The molecular formula is C46H58N8O8. The Morgan fingerprint density at radius 3 is 2.34 bits per heavy atom. The highest BCUT2D eigenvalue weighted by Crippen LogP contribution is 2.39. The van der Waals surface area contributed by atoms with Gasteiger partial charge < -0.3 is 41.4 Å². The van der Waals surface area contributed by atoms with E-state index in [1.54, 1.807) is 41.7 Å². The van der Waals surface area contributed by atoms with Crippen LogP contribution in [0.5, 0.6) is 5.75 Å². The zero-order valence-corrected chi connectivity index (χ0v) is 36.2. The lowest BCUT2D eigenvalue weighted by atomic mass is 9.71. The van der Waals surface area contributed by atoms with Gasteiger partial charge in [-0.05, 0) is 82.2 Å². The lowest BCUT2D eigenvalue weighted by Crippen LogP contribution is -2.48. The largest absolute Gasteiger partial charge is 0.497 e. The Morgan fingerprint density at radius 1 is 0.919 bits per heavy atom. The number of amides is 2. The van der Waals surface area contributed by atoms with Crippen molar-refractivity contribution in [1.29, 1.82) is 0 Å². The van der Waals surface area contributed by atoms with Gasteiger partial charge in [0.15, 0.2) is 29.3 Å². The van der Waals surface area contributed by atoms with E-state index in [-0.39, 0.29) is 42.1 Å². The van der Waals surface area contributed by atoms with Gasteiger partial charge in [0.25, 0.3) is 0 Å². The number of hydrogen-bond donors (Lipinski definition) is 6. The van der Waals surface area contributed by atoms with Gasteiger partial charge in [-0.2, -0.15) is 0 Å². The Labute approximate surface area is 361 Å². The van der Waals surface area contributed by atoms with E-state index in [4.69, 9.17) is 15.2 Å². The molecule has 62 heavy (non-hydrogen) atoms. The molecule has 1 fully saturated rings. The monoisotopic (exact) mass is 850 g/mol. The maximum Gasteiger partial charge on any atom is 0.242 e. The molecule has 16 nitrogen and oxygen atoms in total. The first-order chi connectivity index (χ1) is 29.6. The summed E-state index contributed by atoms with van der Waals surface area (Å²) in [6.07, 6.45) is -0.347. The van der Waals surface area contributed by atoms with Crippen molar-refractivity contribution in [2.45, 2.75) is 104 Å². The molecule has 0 radical (unpaired) electrons. The van der Waals surface area contributed by atoms with E-state index in [1.165, 1.54) is 17.2 Å². The number of allylic oxidation sites excluding steroid dienone is 4. The molecule has 1 saturated heterocycles. The molecule has 2 amide bonds. The SMILES string of the molecule is COc1ccc(CCNC(=O)C(CCC(CNCc2ccccc2)CC2OC(n3cnc4c(N)ncnc43)C(O)C2O)NC(=O)CC(C)(C)C2=C(C)C(=O)C(C)=C(C)C2=O)cc1. The fraction of sp³-hybridized carbons (Fsp3) is 0.457. The number of nitrogens with zero attached hydrogens (tertiary/aromatic N) is 4. The number of nitrogens with two attached hydrogens (primary N) is 1. The second-order valence-electron chi connectivity index (χ2n) is 16.9. The fourth-order valence-electron chi connectivity index (χ4n) is 8.42. The van der Waals surface area contributed by atoms with Gasteiger partial charge in [-0.1, -0.05) is 56.3 Å². The van der Waals surface area contributed by atoms with E-state index in [2.05, 4.69) is 30.9 Å². The van der Waals surface area contributed by atoms with E-state index in [9.17, 15) is 29.4 Å². The fourth-order valence-corrected chi connectivity index (χ4v) is 8.42.